The van der Waals surface area contributed by atoms with Crippen LogP contribution in [-0.4, -0.2) is 36.3 Å². The van der Waals surface area contributed by atoms with Gasteiger partial charge in [0.15, 0.2) is 0 Å². The summed E-state index contributed by atoms with van der Waals surface area (Å²) in [5.41, 5.74) is 5.62. The summed E-state index contributed by atoms with van der Waals surface area (Å²) < 4.78 is 5.39. The summed E-state index contributed by atoms with van der Waals surface area (Å²) in [5.74, 6) is 0.210. The third-order valence-corrected chi connectivity index (χ3v) is 2.64. The van der Waals surface area contributed by atoms with Crippen molar-refractivity contribution in [3.05, 3.63) is 29.8 Å². The first-order valence-corrected chi connectivity index (χ1v) is 6.34. The molecule has 20 heavy (non-hydrogen) atoms. The van der Waals surface area contributed by atoms with E-state index in [9.17, 15) is 9.90 Å². The van der Waals surface area contributed by atoms with Crippen LogP contribution in [0.2, 0.25) is 0 Å². The smallest absolute Gasteiger partial charge is 0.218 e. The molecule has 1 aromatic rings. The number of nitrogens with one attached hydrogen (secondary N) is 1. The van der Waals surface area contributed by atoms with Crippen molar-refractivity contribution in [1.82, 2.24) is 5.32 Å². The van der Waals surface area contributed by atoms with Crippen LogP contribution >= 0.6 is 0 Å². The van der Waals surface area contributed by atoms with Gasteiger partial charge in [-0.25, -0.2) is 0 Å². The monoisotopic (exact) mass is 277 g/mol. The first-order chi connectivity index (χ1) is 9.51. The Hall–Kier alpha value is -2.10. The van der Waals surface area contributed by atoms with E-state index in [1.807, 2.05) is 13.0 Å². The Kier molecular flexibility index (Phi) is 6.50. The van der Waals surface area contributed by atoms with E-state index in [0.717, 1.165) is 0 Å². The van der Waals surface area contributed by atoms with Gasteiger partial charge < -0.3 is 20.9 Å². The van der Waals surface area contributed by atoms with Crippen molar-refractivity contribution in [1.29, 1.82) is 5.26 Å². The molecule has 0 radical (unpaired) electrons. The summed E-state index contributed by atoms with van der Waals surface area (Å²) in [6, 6.07) is 8.57. The number of rotatable bonds is 8. The van der Waals surface area contributed by atoms with Gasteiger partial charge in [-0.1, -0.05) is 0 Å². The van der Waals surface area contributed by atoms with Crippen LogP contribution in [0.5, 0.6) is 5.75 Å². The van der Waals surface area contributed by atoms with Gasteiger partial charge in [0.05, 0.1) is 11.6 Å². The van der Waals surface area contributed by atoms with Gasteiger partial charge in [-0.2, -0.15) is 5.26 Å². The van der Waals surface area contributed by atoms with Gasteiger partial charge in [0.2, 0.25) is 5.91 Å². The number of primary amides is 1. The Morgan fingerprint density at radius 1 is 1.50 bits per heavy atom. The number of hydrogen-bond donors (Lipinski definition) is 3. The fraction of sp³-hybridized carbons (Fsp3) is 0.429. The average molecular weight is 277 g/mol. The van der Waals surface area contributed by atoms with Crippen LogP contribution in [0.4, 0.5) is 0 Å². The van der Waals surface area contributed by atoms with E-state index in [0.29, 0.717) is 17.9 Å². The van der Waals surface area contributed by atoms with E-state index in [-0.39, 0.29) is 25.0 Å². The SMILES string of the molecule is CC(CC(N)=O)NCC(O)COc1ccc(C#N)cc1. The number of benzene rings is 1. The molecule has 108 valence electrons. The maximum Gasteiger partial charge on any atom is 0.218 e. The van der Waals surface area contributed by atoms with Gasteiger partial charge in [-0.05, 0) is 31.2 Å². The zero-order valence-electron chi connectivity index (χ0n) is 11.4. The molecule has 0 saturated heterocycles. The van der Waals surface area contributed by atoms with E-state index in [4.69, 9.17) is 15.7 Å². The highest BCUT2D eigenvalue weighted by Crippen LogP contribution is 2.11. The van der Waals surface area contributed by atoms with Gasteiger partial charge in [0.25, 0.3) is 0 Å². The van der Waals surface area contributed by atoms with E-state index in [1.54, 1.807) is 24.3 Å². The van der Waals surface area contributed by atoms with E-state index in [1.165, 1.54) is 0 Å². The molecule has 0 saturated carbocycles. The highest BCUT2D eigenvalue weighted by molar-refractivity contribution is 5.74. The average Bonchev–Trinajstić information content (AvgIpc) is 2.42. The quantitative estimate of drug-likeness (QED) is 0.627. The summed E-state index contributed by atoms with van der Waals surface area (Å²) in [7, 11) is 0. The lowest BCUT2D eigenvalue weighted by Gasteiger charge is -2.16. The van der Waals surface area contributed by atoms with Gasteiger partial charge >= 0.3 is 0 Å². The molecule has 0 aliphatic carbocycles. The van der Waals surface area contributed by atoms with Crippen LogP contribution in [0, 0.1) is 11.3 Å². The first kappa shape index (κ1) is 16.0. The Bertz CT molecular complexity index is 468. The third-order valence-electron chi connectivity index (χ3n) is 2.64. The van der Waals surface area contributed by atoms with Crippen LogP contribution in [-0.2, 0) is 4.79 Å². The molecule has 0 aromatic heterocycles. The number of ether oxygens (including phenoxy) is 1. The molecule has 1 amide bonds. The Morgan fingerprint density at radius 3 is 2.70 bits per heavy atom. The lowest BCUT2D eigenvalue weighted by Crippen LogP contribution is -2.38. The Morgan fingerprint density at radius 2 is 2.15 bits per heavy atom. The molecule has 0 spiro atoms. The first-order valence-electron chi connectivity index (χ1n) is 6.34. The number of carbonyl (C=O) groups excluding carboxylic acids is 1. The van der Waals surface area contributed by atoms with Crippen molar-refractivity contribution < 1.29 is 14.6 Å². The molecule has 0 heterocycles. The minimum Gasteiger partial charge on any atom is -0.491 e. The van der Waals surface area contributed by atoms with Crippen molar-refractivity contribution >= 4 is 5.91 Å². The molecular formula is C14H19N3O3. The van der Waals surface area contributed by atoms with Crippen molar-refractivity contribution in [2.75, 3.05) is 13.2 Å². The second-order valence-electron chi connectivity index (χ2n) is 4.58. The van der Waals surface area contributed by atoms with E-state index >= 15 is 0 Å². The molecule has 1 aromatic carbocycles. The topological polar surface area (TPSA) is 108 Å². The Balaban J connectivity index is 2.27. The van der Waals surface area contributed by atoms with Crippen LogP contribution in [0.3, 0.4) is 0 Å². The molecule has 4 N–H and O–H groups in total. The second-order valence-corrected chi connectivity index (χ2v) is 4.58. The summed E-state index contributed by atoms with van der Waals surface area (Å²) in [6.45, 7) is 2.26. The molecule has 0 fully saturated rings. The second kappa shape index (κ2) is 8.15. The third kappa shape index (κ3) is 6.18. The van der Waals surface area contributed by atoms with Crippen LogP contribution < -0.4 is 15.8 Å². The highest BCUT2D eigenvalue weighted by Gasteiger charge is 2.09. The fourth-order valence-electron chi connectivity index (χ4n) is 1.59. The molecule has 0 aliphatic heterocycles. The van der Waals surface area contributed by atoms with Crippen molar-refractivity contribution in [2.45, 2.75) is 25.5 Å². The molecule has 2 unspecified atom stereocenters. The molecule has 1 rings (SSSR count). The molecule has 0 aliphatic rings. The van der Waals surface area contributed by atoms with Crippen molar-refractivity contribution in [3.63, 3.8) is 0 Å². The molecule has 2 atom stereocenters. The largest absolute Gasteiger partial charge is 0.491 e. The predicted molar refractivity (Wildman–Crippen MR) is 73.9 cm³/mol. The number of nitrogens with zero attached hydrogens (tertiary/aromatic N) is 1. The highest BCUT2D eigenvalue weighted by atomic mass is 16.5. The van der Waals surface area contributed by atoms with Crippen LogP contribution in [0.15, 0.2) is 24.3 Å². The zero-order valence-corrected chi connectivity index (χ0v) is 11.4. The summed E-state index contributed by atoms with van der Waals surface area (Å²) in [5, 5.41) is 21.4. The lowest BCUT2D eigenvalue weighted by atomic mass is 10.2. The number of nitrogens with two attached hydrogens (primary N) is 1. The maximum atomic E-state index is 10.7. The minimum atomic E-state index is -0.694. The van der Waals surface area contributed by atoms with Gasteiger partial charge in [0, 0.05) is 19.0 Å². The summed E-state index contributed by atoms with van der Waals surface area (Å²) in [4.78, 5) is 10.7. The van der Waals surface area contributed by atoms with Gasteiger partial charge in [-0.3, -0.25) is 4.79 Å². The van der Waals surface area contributed by atoms with E-state index in [2.05, 4.69) is 5.32 Å². The maximum absolute atomic E-state index is 10.7. The van der Waals surface area contributed by atoms with Crippen LogP contribution in [0.25, 0.3) is 0 Å². The van der Waals surface area contributed by atoms with Gasteiger partial charge in [0.1, 0.15) is 18.5 Å². The normalized spacial score (nSPS) is 13.2. The fourth-order valence-corrected chi connectivity index (χ4v) is 1.59. The number of aliphatic hydroxyl groups excluding tert-OH is 1. The number of aliphatic hydroxyl groups is 1. The Labute approximate surface area is 118 Å². The summed E-state index contributed by atoms with van der Waals surface area (Å²) in [6.07, 6.45) is -0.468. The zero-order chi connectivity index (χ0) is 15.0. The molecule has 6 heteroatoms. The standard InChI is InChI=1S/C14H19N3O3/c1-10(6-14(16)19)17-8-12(18)9-20-13-4-2-11(7-15)3-5-13/h2-5,10,12,17-18H,6,8-9H2,1H3,(H2,16,19). The van der Waals surface area contributed by atoms with Crippen LogP contribution in [0.1, 0.15) is 18.9 Å². The van der Waals surface area contributed by atoms with Crippen molar-refractivity contribution in [3.8, 4) is 11.8 Å². The predicted octanol–water partition coefficient (Wildman–Crippen LogP) is 0.151. The van der Waals surface area contributed by atoms with Crippen molar-refractivity contribution in [2.24, 2.45) is 5.73 Å². The number of carbonyl (C=O) groups is 1. The molecule has 6 nitrogen and oxygen atoms in total. The summed E-state index contributed by atoms with van der Waals surface area (Å²) >= 11 is 0. The lowest BCUT2D eigenvalue weighted by molar-refractivity contribution is -0.118. The molecule has 0 bridgehead atoms. The van der Waals surface area contributed by atoms with Gasteiger partial charge in [-0.15, -0.1) is 0 Å². The number of nitriles is 1. The number of hydrogen-bond acceptors (Lipinski definition) is 5. The molecular weight excluding hydrogens is 258 g/mol. The van der Waals surface area contributed by atoms with E-state index < -0.39 is 6.10 Å². The number of amides is 1. The minimum absolute atomic E-state index is 0.0861.